The summed E-state index contributed by atoms with van der Waals surface area (Å²) in [6.45, 7) is 1.37. The minimum Gasteiger partial charge on any atom is -0.404 e. The number of nitrogen functional groups attached to an aromatic ring is 1. The van der Waals surface area contributed by atoms with E-state index in [0.29, 0.717) is 0 Å². The normalized spacial score (nSPS) is 14.5. The molecule has 0 spiro atoms. The maximum Gasteiger partial charge on any atom is 0.573 e. The third-order valence-electron chi connectivity index (χ3n) is 2.69. The molecule has 0 radical (unpaired) electrons. The van der Waals surface area contributed by atoms with Crippen molar-refractivity contribution in [3.63, 3.8) is 0 Å². The summed E-state index contributed by atoms with van der Waals surface area (Å²) in [5.74, 6) is -0.358. The average molecular weight is 339 g/mol. The van der Waals surface area contributed by atoms with Crippen LogP contribution in [0, 0.1) is 0 Å². The summed E-state index contributed by atoms with van der Waals surface area (Å²) in [6.07, 6.45) is -7.45. The van der Waals surface area contributed by atoms with Crippen LogP contribution >= 0.6 is 11.8 Å². The minimum atomic E-state index is -4.91. The summed E-state index contributed by atoms with van der Waals surface area (Å²) in [7, 11) is 0. The molecule has 0 aliphatic carbocycles. The van der Waals surface area contributed by atoms with Gasteiger partial charge in [-0.05, 0) is 24.1 Å². The number of benzene rings is 1. The highest BCUT2D eigenvalue weighted by Gasteiger charge is 2.32. The number of halogens is 3. The van der Waals surface area contributed by atoms with E-state index in [1.807, 2.05) is 0 Å². The molecule has 1 aromatic carbocycles. The number of aliphatic hydroxyl groups is 2. The quantitative estimate of drug-likeness (QED) is 0.688. The summed E-state index contributed by atoms with van der Waals surface area (Å²) < 4.78 is 40.4. The Bertz CT molecular complexity index is 524. The molecule has 0 aliphatic heterocycles. The fourth-order valence-electron chi connectivity index (χ4n) is 1.65. The highest BCUT2D eigenvalue weighted by atomic mass is 32.2. The lowest BCUT2D eigenvalue weighted by Gasteiger charge is -2.19. The van der Waals surface area contributed by atoms with Gasteiger partial charge in [-0.15, -0.1) is 13.2 Å². The molecule has 0 aromatic heterocycles. The molecule has 5 nitrogen and oxygen atoms in total. The third kappa shape index (κ3) is 6.12. The minimum absolute atomic E-state index is 0.0359. The Hall–Kier alpha value is -1.45. The Morgan fingerprint density at radius 3 is 2.59 bits per heavy atom. The fraction of sp³-hybridized carbons (Fsp3) is 0.462. The van der Waals surface area contributed by atoms with Crippen LogP contribution in [0.4, 0.5) is 18.9 Å². The van der Waals surface area contributed by atoms with E-state index in [4.69, 9.17) is 5.73 Å². The molecule has 0 saturated carbocycles. The molecule has 9 heteroatoms. The first-order valence-electron chi connectivity index (χ1n) is 6.25. The van der Waals surface area contributed by atoms with Gasteiger partial charge in [0.15, 0.2) is 10.9 Å². The molecule has 0 aliphatic rings. The molecule has 0 heterocycles. The standard InChI is InChI=1S/C13H16F3NO4S/c1-7(18)22-5-4-10(19)12(20)8-2-3-9(17)11(6-8)21-13(14,15)16/h2-3,6,10,12,19-20H,4-5,17H2,1H3. The van der Waals surface area contributed by atoms with Crippen molar-refractivity contribution >= 4 is 22.6 Å². The maximum absolute atomic E-state index is 12.2. The van der Waals surface area contributed by atoms with E-state index in [0.717, 1.165) is 23.9 Å². The second kappa shape index (κ2) is 7.70. The smallest absolute Gasteiger partial charge is 0.404 e. The lowest BCUT2D eigenvalue weighted by molar-refractivity contribution is -0.274. The van der Waals surface area contributed by atoms with Crippen LogP contribution < -0.4 is 10.5 Å². The molecule has 22 heavy (non-hydrogen) atoms. The van der Waals surface area contributed by atoms with E-state index in [-0.39, 0.29) is 28.5 Å². The number of carbonyl (C=O) groups excluding carboxylic acids is 1. The fourth-order valence-corrected chi connectivity index (χ4v) is 2.30. The van der Waals surface area contributed by atoms with Gasteiger partial charge in [0, 0.05) is 12.7 Å². The molecule has 2 atom stereocenters. The second-order valence-electron chi connectivity index (χ2n) is 4.49. The number of anilines is 1. The van der Waals surface area contributed by atoms with Crippen molar-refractivity contribution in [2.75, 3.05) is 11.5 Å². The van der Waals surface area contributed by atoms with Crippen molar-refractivity contribution in [3.8, 4) is 5.75 Å². The first-order chi connectivity index (χ1) is 10.1. The highest BCUT2D eigenvalue weighted by molar-refractivity contribution is 8.13. The van der Waals surface area contributed by atoms with Crippen LogP contribution in [0.1, 0.15) is 25.0 Å². The molecule has 1 rings (SSSR count). The van der Waals surface area contributed by atoms with Crippen molar-refractivity contribution in [1.82, 2.24) is 0 Å². The number of rotatable bonds is 6. The molecule has 124 valence electrons. The SMILES string of the molecule is CC(=O)SCCC(O)C(O)c1ccc(N)c(OC(F)(F)F)c1. The van der Waals surface area contributed by atoms with E-state index in [2.05, 4.69) is 4.74 Å². The van der Waals surface area contributed by atoms with E-state index in [1.54, 1.807) is 0 Å². The van der Waals surface area contributed by atoms with Crippen LogP contribution in [-0.4, -0.2) is 33.5 Å². The van der Waals surface area contributed by atoms with Crippen molar-refractivity contribution < 1.29 is 32.9 Å². The first kappa shape index (κ1) is 18.6. The number of thioether (sulfide) groups is 1. The zero-order valence-corrected chi connectivity index (χ0v) is 12.4. The zero-order chi connectivity index (χ0) is 16.9. The molecule has 1 aromatic rings. The number of aliphatic hydroxyl groups excluding tert-OH is 2. The number of hydrogen-bond acceptors (Lipinski definition) is 6. The van der Waals surface area contributed by atoms with Crippen LogP contribution in [0.15, 0.2) is 18.2 Å². The van der Waals surface area contributed by atoms with Gasteiger partial charge in [-0.25, -0.2) is 0 Å². The lowest BCUT2D eigenvalue weighted by atomic mass is 10.0. The van der Waals surface area contributed by atoms with Gasteiger partial charge < -0.3 is 20.7 Å². The zero-order valence-electron chi connectivity index (χ0n) is 11.6. The topological polar surface area (TPSA) is 92.8 Å². The Morgan fingerprint density at radius 1 is 1.41 bits per heavy atom. The Morgan fingerprint density at radius 2 is 2.05 bits per heavy atom. The van der Waals surface area contributed by atoms with E-state index in [9.17, 15) is 28.2 Å². The van der Waals surface area contributed by atoms with Gasteiger partial charge in [-0.1, -0.05) is 17.8 Å². The number of carbonyl (C=O) groups is 1. The van der Waals surface area contributed by atoms with Gasteiger partial charge in [0.05, 0.1) is 11.8 Å². The monoisotopic (exact) mass is 339 g/mol. The first-order valence-corrected chi connectivity index (χ1v) is 7.23. The molecule has 0 saturated heterocycles. The molecule has 0 amide bonds. The molecular weight excluding hydrogens is 323 g/mol. The molecule has 2 unspecified atom stereocenters. The van der Waals surface area contributed by atoms with Crippen molar-refractivity contribution in [2.45, 2.75) is 31.9 Å². The van der Waals surface area contributed by atoms with Crippen molar-refractivity contribution in [1.29, 1.82) is 0 Å². The van der Waals surface area contributed by atoms with Gasteiger partial charge in [0.25, 0.3) is 0 Å². The van der Waals surface area contributed by atoms with Crippen molar-refractivity contribution in [3.05, 3.63) is 23.8 Å². The summed E-state index contributed by atoms with van der Waals surface area (Å²) in [5.41, 5.74) is 5.17. The van der Waals surface area contributed by atoms with Crippen LogP contribution in [0.5, 0.6) is 5.75 Å². The lowest BCUT2D eigenvalue weighted by Crippen LogP contribution is -2.21. The Balaban J connectivity index is 2.78. The summed E-state index contributed by atoms with van der Waals surface area (Å²) >= 11 is 0.982. The number of hydrogen-bond donors (Lipinski definition) is 3. The molecule has 0 bridgehead atoms. The molecule has 4 N–H and O–H groups in total. The predicted molar refractivity (Wildman–Crippen MR) is 76.3 cm³/mol. The Labute approximate surface area is 129 Å². The summed E-state index contributed by atoms with van der Waals surface area (Å²) in [5, 5.41) is 19.6. The molecular formula is C13H16F3NO4S. The van der Waals surface area contributed by atoms with Crippen LogP contribution in [-0.2, 0) is 4.79 Å². The number of ether oxygens (including phenoxy) is 1. The average Bonchev–Trinajstić information content (AvgIpc) is 2.38. The van der Waals surface area contributed by atoms with Gasteiger partial charge in [-0.3, -0.25) is 4.79 Å². The van der Waals surface area contributed by atoms with Gasteiger partial charge in [-0.2, -0.15) is 0 Å². The van der Waals surface area contributed by atoms with Gasteiger partial charge in [0.2, 0.25) is 0 Å². The van der Waals surface area contributed by atoms with Crippen LogP contribution in [0.2, 0.25) is 0 Å². The van der Waals surface area contributed by atoms with E-state index >= 15 is 0 Å². The van der Waals surface area contributed by atoms with Gasteiger partial charge >= 0.3 is 6.36 Å². The largest absolute Gasteiger partial charge is 0.573 e. The Kier molecular flexibility index (Phi) is 6.51. The van der Waals surface area contributed by atoms with Crippen molar-refractivity contribution in [2.24, 2.45) is 0 Å². The summed E-state index contributed by atoms with van der Waals surface area (Å²) in [4.78, 5) is 10.8. The third-order valence-corrected chi connectivity index (χ3v) is 3.53. The predicted octanol–water partition coefficient (Wildman–Crippen LogP) is 2.23. The molecule has 0 fully saturated rings. The maximum atomic E-state index is 12.2. The van der Waals surface area contributed by atoms with E-state index in [1.165, 1.54) is 13.0 Å². The van der Waals surface area contributed by atoms with Crippen LogP contribution in [0.25, 0.3) is 0 Å². The van der Waals surface area contributed by atoms with E-state index < -0.39 is 24.3 Å². The highest BCUT2D eigenvalue weighted by Crippen LogP contribution is 2.32. The number of alkyl halides is 3. The number of nitrogens with two attached hydrogens (primary N) is 1. The summed E-state index contributed by atoms with van der Waals surface area (Å²) in [6, 6.07) is 3.37. The second-order valence-corrected chi connectivity index (χ2v) is 5.76. The van der Waals surface area contributed by atoms with Gasteiger partial charge in [0.1, 0.15) is 6.10 Å². The van der Waals surface area contributed by atoms with Crippen LogP contribution in [0.3, 0.4) is 0 Å².